The monoisotopic (exact) mass is 316 g/mol. The summed E-state index contributed by atoms with van der Waals surface area (Å²) in [4.78, 5) is 18.0. The highest BCUT2D eigenvalue weighted by Crippen LogP contribution is 2.25. The molecule has 0 saturated heterocycles. The molecule has 21 heavy (non-hydrogen) atoms. The highest BCUT2D eigenvalue weighted by atomic mass is 35.5. The van der Waals surface area contributed by atoms with Gasteiger partial charge >= 0.3 is 5.97 Å². The molecular weight excluding hydrogens is 296 g/mol. The number of nitrogens with one attached hydrogen (secondary N) is 1. The smallest absolute Gasteiger partial charge is 0.303 e. The van der Waals surface area contributed by atoms with Crippen molar-refractivity contribution in [3.05, 3.63) is 23.5 Å². The second-order valence-corrected chi connectivity index (χ2v) is 4.76. The first-order valence-corrected chi connectivity index (χ1v) is 6.47. The number of benzene rings is 1. The van der Waals surface area contributed by atoms with E-state index in [2.05, 4.69) is 9.97 Å². The SMILES string of the molecule is Cc1ccc(O)c2[nH]c(CCCCCC(=O)O)nc12.Cl.O. The quantitative estimate of drug-likeness (QED) is 0.709. The van der Waals surface area contributed by atoms with E-state index in [0.717, 1.165) is 36.2 Å². The number of H-pyrrole nitrogens is 1. The minimum Gasteiger partial charge on any atom is -0.506 e. The van der Waals surface area contributed by atoms with Crippen molar-refractivity contribution in [1.82, 2.24) is 9.97 Å². The third-order valence-corrected chi connectivity index (χ3v) is 3.18. The first kappa shape index (κ1) is 19.2. The maximum atomic E-state index is 10.4. The Morgan fingerprint density at radius 1 is 1.29 bits per heavy atom. The van der Waals surface area contributed by atoms with Crippen LogP contribution in [0.3, 0.4) is 0 Å². The molecule has 0 bridgehead atoms. The van der Waals surface area contributed by atoms with Crippen LogP contribution in [0.25, 0.3) is 11.0 Å². The maximum Gasteiger partial charge on any atom is 0.303 e. The highest BCUT2D eigenvalue weighted by Gasteiger charge is 2.08. The minimum atomic E-state index is -0.746. The molecule has 5 N–H and O–H groups in total. The Morgan fingerprint density at radius 3 is 2.62 bits per heavy atom. The molecule has 2 aromatic rings. The van der Waals surface area contributed by atoms with E-state index < -0.39 is 5.97 Å². The number of aromatic amines is 1. The second kappa shape index (κ2) is 8.49. The standard InChI is InChI=1S/C14H18N2O3.ClH.H2O/c1-9-7-8-10(17)14-13(9)15-11(16-14)5-3-2-4-6-12(18)19;;/h7-8,17H,2-6H2,1H3,(H,15,16)(H,18,19);1H;1H2. The summed E-state index contributed by atoms with van der Waals surface area (Å²) >= 11 is 0. The van der Waals surface area contributed by atoms with E-state index in [1.165, 1.54) is 0 Å². The summed E-state index contributed by atoms with van der Waals surface area (Å²) in [7, 11) is 0. The number of unbranched alkanes of at least 4 members (excludes halogenated alkanes) is 2. The lowest BCUT2D eigenvalue weighted by molar-refractivity contribution is -0.137. The van der Waals surface area contributed by atoms with Crippen LogP contribution in [-0.4, -0.2) is 31.6 Å². The molecule has 2 rings (SSSR count). The number of carboxylic acids is 1. The molecule has 1 aromatic heterocycles. The lowest BCUT2D eigenvalue weighted by atomic mass is 10.1. The predicted molar refractivity (Wildman–Crippen MR) is 83.2 cm³/mol. The number of nitrogens with zero attached hydrogens (tertiary/aromatic N) is 1. The lowest BCUT2D eigenvalue weighted by Gasteiger charge is -1.96. The zero-order chi connectivity index (χ0) is 13.8. The molecule has 0 radical (unpaired) electrons. The van der Waals surface area contributed by atoms with Gasteiger partial charge in [0.1, 0.15) is 17.1 Å². The Morgan fingerprint density at radius 2 is 2.00 bits per heavy atom. The van der Waals surface area contributed by atoms with Crippen molar-refractivity contribution < 1.29 is 20.5 Å². The summed E-state index contributed by atoms with van der Waals surface area (Å²) in [5.74, 6) is 0.310. The number of phenolic OH excluding ortho intramolecular Hbond substituents is 1. The van der Waals surface area contributed by atoms with Crippen molar-refractivity contribution in [3.63, 3.8) is 0 Å². The lowest BCUT2D eigenvalue weighted by Crippen LogP contribution is -1.94. The number of hydrogen-bond donors (Lipinski definition) is 3. The Kier molecular flexibility index (Phi) is 7.76. The summed E-state index contributed by atoms with van der Waals surface area (Å²) in [6.07, 6.45) is 3.45. The van der Waals surface area contributed by atoms with Gasteiger partial charge in [0.05, 0.1) is 5.52 Å². The van der Waals surface area contributed by atoms with Gasteiger partial charge in [-0.1, -0.05) is 12.5 Å². The van der Waals surface area contributed by atoms with Gasteiger partial charge in [0, 0.05) is 12.8 Å². The first-order chi connectivity index (χ1) is 9.08. The molecular formula is C14H21ClN2O4. The molecule has 6 nitrogen and oxygen atoms in total. The van der Waals surface area contributed by atoms with Crippen LogP contribution >= 0.6 is 12.4 Å². The van der Waals surface area contributed by atoms with Gasteiger partial charge in [-0.3, -0.25) is 4.79 Å². The van der Waals surface area contributed by atoms with Crippen LogP contribution in [0.1, 0.15) is 37.1 Å². The fourth-order valence-electron chi connectivity index (χ4n) is 2.12. The van der Waals surface area contributed by atoms with Crippen molar-refractivity contribution in [2.24, 2.45) is 0 Å². The Bertz CT molecular complexity index is 559. The van der Waals surface area contributed by atoms with Crippen LogP contribution in [0.2, 0.25) is 0 Å². The van der Waals surface area contributed by atoms with E-state index in [-0.39, 0.29) is 30.1 Å². The molecule has 0 atom stereocenters. The van der Waals surface area contributed by atoms with Gasteiger partial charge in [0.25, 0.3) is 0 Å². The average molecular weight is 317 g/mol. The van der Waals surface area contributed by atoms with E-state index in [1.54, 1.807) is 6.07 Å². The van der Waals surface area contributed by atoms with Crippen LogP contribution in [0.15, 0.2) is 12.1 Å². The summed E-state index contributed by atoms with van der Waals surface area (Å²) in [5, 5.41) is 18.3. The van der Waals surface area contributed by atoms with Crippen molar-refractivity contribution >= 4 is 29.4 Å². The van der Waals surface area contributed by atoms with E-state index in [1.807, 2.05) is 13.0 Å². The Labute approximate surface area is 128 Å². The number of aromatic nitrogens is 2. The molecule has 0 fully saturated rings. The van der Waals surface area contributed by atoms with E-state index in [9.17, 15) is 9.90 Å². The van der Waals surface area contributed by atoms with Crippen LogP contribution < -0.4 is 0 Å². The van der Waals surface area contributed by atoms with Crippen LogP contribution in [0, 0.1) is 6.92 Å². The zero-order valence-electron chi connectivity index (χ0n) is 11.8. The van der Waals surface area contributed by atoms with Crippen molar-refractivity contribution in [1.29, 1.82) is 0 Å². The summed E-state index contributed by atoms with van der Waals surface area (Å²) in [6, 6.07) is 3.50. The fourth-order valence-corrected chi connectivity index (χ4v) is 2.12. The molecule has 0 aliphatic rings. The normalized spacial score (nSPS) is 9.95. The van der Waals surface area contributed by atoms with Crippen LogP contribution in [0.4, 0.5) is 0 Å². The van der Waals surface area contributed by atoms with E-state index in [0.29, 0.717) is 11.9 Å². The van der Waals surface area contributed by atoms with Gasteiger partial charge in [-0.15, -0.1) is 12.4 Å². The van der Waals surface area contributed by atoms with Gasteiger partial charge in [0.2, 0.25) is 0 Å². The topological polar surface area (TPSA) is 118 Å². The number of imidazole rings is 1. The molecule has 0 spiro atoms. The average Bonchev–Trinajstić information content (AvgIpc) is 2.78. The third kappa shape index (κ3) is 4.91. The number of carboxylic acid groups (broad SMARTS) is 1. The van der Waals surface area contributed by atoms with Crippen molar-refractivity contribution in [2.45, 2.75) is 39.0 Å². The molecule has 7 heteroatoms. The molecule has 1 aromatic carbocycles. The fraction of sp³-hybridized carbons (Fsp3) is 0.429. The predicted octanol–water partition coefficient (Wildman–Crippen LogP) is 2.36. The molecule has 118 valence electrons. The number of carbonyl (C=O) groups is 1. The number of aliphatic carboxylic acids is 1. The molecule has 1 heterocycles. The first-order valence-electron chi connectivity index (χ1n) is 6.47. The number of hydrogen-bond acceptors (Lipinski definition) is 3. The van der Waals surface area contributed by atoms with Gasteiger partial charge in [0.15, 0.2) is 0 Å². The number of aryl methyl sites for hydroxylation is 2. The van der Waals surface area contributed by atoms with E-state index in [4.69, 9.17) is 5.11 Å². The second-order valence-electron chi connectivity index (χ2n) is 4.76. The van der Waals surface area contributed by atoms with Gasteiger partial charge < -0.3 is 20.7 Å². The summed E-state index contributed by atoms with van der Waals surface area (Å²) in [6.45, 7) is 1.96. The number of rotatable bonds is 6. The molecule has 0 saturated carbocycles. The largest absolute Gasteiger partial charge is 0.506 e. The van der Waals surface area contributed by atoms with Gasteiger partial charge in [-0.25, -0.2) is 4.98 Å². The molecule has 0 unspecified atom stereocenters. The third-order valence-electron chi connectivity index (χ3n) is 3.18. The number of halogens is 1. The Hall–Kier alpha value is -1.79. The zero-order valence-corrected chi connectivity index (χ0v) is 12.7. The Balaban J connectivity index is 0.00000200. The molecule has 0 aliphatic heterocycles. The van der Waals surface area contributed by atoms with Gasteiger partial charge in [-0.2, -0.15) is 0 Å². The summed E-state index contributed by atoms with van der Waals surface area (Å²) < 4.78 is 0. The summed E-state index contributed by atoms with van der Waals surface area (Å²) in [5.41, 5.74) is 2.52. The molecule has 0 amide bonds. The number of phenols is 1. The number of aromatic hydroxyl groups is 1. The van der Waals surface area contributed by atoms with Crippen molar-refractivity contribution in [3.8, 4) is 5.75 Å². The van der Waals surface area contributed by atoms with Gasteiger partial charge in [-0.05, 0) is 31.4 Å². The highest BCUT2D eigenvalue weighted by molar-refractivity contribution is 5.85. The van der Waals surface area contributed by atoms with Crippen molar-refractivity contribution in [2.75, 3.05) is 0 Å². The maximum absolute atomic E-state index is 10.4. The minimum absolute atomic E-state index is 0. The van der Waals surface area contributed by atoms with Crippen LogP contribution in [-0.2, 0) is 11.2 Å². The number of fused-ring (bicyclic) bond motifs is 1. The van der Waals surface area contributed by atoms with Crippen LogP contribution in [0.5, 0.6) is 5.75 Å². The molecule has 0 aliphatic carbocycles. The van der Waals surface area contributed by atoms with E-state index >= 15 is 0 Å².